The lowest BCUT2D eigenvalue weighted by Gasteiger charge is -2.08. The number of aromatic nitrogens is 4. The molecule has 0 unspecified atom stereocenters. The van der Waals surface area contributed by atoms with Crippen LogP contribution in [0.1, 0.15) is 12.6 Å². The second kappa shape index (κ2) is 7.33. The van der Waals surface area contributed by atoms with E-state index in [4.69, 9.17) is 4.74 Å². The van der Waals surface area contributed by atoms with Crippen LogP contribution in [0.15, 0.2) is 65.5 Å². The standard InChI is InChI=1S/C20H19N5O2/c1-2-27-17-10-8-15(9-11-17)21-13-16-12-18(26)25-20(22-16)23-19(24-25)14-6-4-3-5-7-14/h3-12,21H,2,13H2,1H3,(H,22,23,24). The second-order valence-corrected chi connectivity index (χ2v) is 5.98. The van der Waals surface area contributed by atoms with Crippen LogP contribution in [0.4, 0.5) is 5.69 Å². The number of hydrogen-bond donors (Lipinski definition) is 2. The summed E-state index contributed by atoms with van der Waals surface area (Å²) < 4.78 is 6.71. The fraction of sp³-hybridized carbons (Fsp3) is 0.150. The van der Waals surface area contributed by atoms with E-state index in [0.717, 1.165) is 22.7 Å². The quantitative estimate of drug-likeness (QED) is 0.551. The summed E-state index contributed by atoms with van der Waals surface area (Å²) in [6.07, 6.45) is 0. The van der Waals surface area contributed by atoms with E-state index < -0.39 is 0 Å². The molecule has 0 aliphatic heterocycles. The van der Waals surface area contributed by atoms with Gasteiger partial charge in [0.15, 0.2) is 5.82 Å². The summed E-state index contributed by atoms with van der Waals surface area (Å²) in [5.74, 6) is 1.76. The van der Waals surface area contributed by atoms with E-state index in [1.807, 2.05) is 61.5 Å². The van der Waals surface area contributed by atoms with Crippen LogP contribution in [0.5, 0.6) is 5.75 Å². The van der Waals surface area contributed by atoms with Gasteiger partial charge in [0.25, 0.3) is 5.56 Å². The molecular formula is C20H19N5O2. The zero-order valence-corrected chi connectivity index (χ0v) is 14.8. The SMILES string of the molecule is CCOc1ccc(NCc2cc(=O)n3nc(-c4ccccc4)nc3[nH]2)cc1. The Bertz CT molecular complexity index is 1100. The minimum absolute atomic E-state index is 0.220. The fourth-order valence-corrected chi connectivity index (χ4v) is 2.77. The van der Waals surface area contributed by atoms with Gasteiger partial charge in [-0.25, -0.2) is 0 Å². The maximum Gasteiger partial charge on any atom is 0.275 e. The lowest BCUT2D eigenvalue weighted by Crippen LogP contribution is -2.17. The van der Waals surface area contributed by atoms with Crippen molar-refractivity contribution in [3.05, 3.63) is 76.7 Å². The van der Waals surface area contributed by atoms with Crippen LogP contribution in [0, 0.1) is 0 Å². The number of hydrogen-bond acceptors (Lipinski definition) is 5. The fourth-order valence-electron chi connectivity index (χ4n) is 2.77. The molecule has 136 valence electrons. The molecule has 0 fully saturated rings. The van der Waals surface area contributed by atoms with E-state index in [-0.39, 0.29) is 5.56 Å². The first kappa shape index (κ1) is 16.8. The number of fused-ring (bicyclic) bond motifs is 1. The van der Waals surface area contributed by atoms with Crippen LogP contribution in [0.25, 0.3) is 17.2 Å². The van der Waals surface area contributed by atoms with Crippen molar-refractivity contribution in [2.24, 2.45) is 0 Å². The topological polar surface area (TPSA) is 84.3 Å². The zero-order valence-electron chi connectivity index (χ0n) is 14.8. The van der Waals surface area contributed by atoms with Crippen molar-refractivity contribution in [3.8, 4) is 17.1 Å². The second-order valence-electron chi connectivity index (χ2n) is 5.98. The number of ether oxygens (including phenoxy) is 1. The minimum atomic E-state index is -0.220. The average Bonchev–Trinajstić information content (AvgIpc) is 3.13. The van der Waals surface area contributed by atoms with Gasteiger partial charge >= 0.3 is 0 Å². The summed E-state index contributed by atoms with van der Waals surface area (Å²) in [4.78, 5) is 20.0. The number of rotatable bonds is 6. The number of benzene rings is 2. The highest BCUT2D eigenvalue weighted by molar-refractivity contribution is 5.56. The summed E-state index contributed by atoms with van der Waals surface area (Å²) >= 11 is 0. The molecule has 7 nitrogen and oxygen atoms in total. The molecule has 0 aliphatic carbocycles. The van der Waals surface area contributed by atoms with E-state index in [2.05, 4.69) is 20.4 Å². The summed E-state index contributed by atoms with van der Waals surface area (Å²) in [6.45, 7) is 3.05. The molecule has 0 amide bonds. The molecule has 0 atom stereocenters. The zero-order chi connectivity index (χ0) is 18.6. The van der Waals surface area contributed by atoms with Crippen LogP contribution in [-0.4, -0.2) is 26.2 Å². The Hall–Kier alpha value is -3.61. The lowest BCUT2D eigenvalue weighted by atomic mass is 10.2. The lowest BCUT2D eigenvalue weighted by molar-refractivity contribution is 0.340. The summed E-state index contributed by atoms with van der Waals surface area (Å²) in [5.41, 5.74) is 2.31. The van der Waals surface area contributed by atoms with Gasteiger partial charge in [0.05, 0.1) is 13.2 Å². The van der Waals surface area contributed by atoms with Gasteiger partial charge in [-0.1, -0.05) is 30.3 Å². The van der Waals surface area contributed by atoms with Crippen LogP contribution < -0.4 is 15.6 Å². The first-order valence-electron chi connectivity index (χ1n) is 8.74. The van der Waals surface area contributed by atoms with Gasteiger partial charge in [-0.2, -0.15) is 9.50 Å². The molecular weight excluding hydrogens is 342 g/mol. The van der Waals surface area contributed by atoms with E-state index >= 15 is 0 Å². The van der Waals surface area contributed by atoms with Crippen LogP contribution in [-0.2, 0) is 6.54 Å². The third kappa shape index (κ3) is 3.67. The number of aromatic amines is 1. The summed E-state index contributed by atoms with van der Waals surface area (Å²) in [5, 5.41) is 7.57. The Morgan fingerprint density at radius 1 is 1.11 bits per heavy atom. The van der Waals surface area contributed by atoms with E-state index in [1.165, 1.54) is 10.6 Å². The van der Waals surface area contributed by atoms with Crippen molar-refractivity contribution < 1.29 is 4.74 Å². The van der Waals surface area contributed by atoms with E-state index in [9.17, 15) is 4.79 Å². The molecule has 2 heterocycles. The number of H-pyrrole nitrogens is 1. The Morgan fingerprint density at radius 2 is 1.89 bits per heavy atom. The molecule has 2 N–H and O–H groups in total. The number of nitrogens with zero attached hydrogens (tertiary/aromatic N) is 3. The van der Waals surface area contributed by atoms with Crippen molar-refractivity contribution in [3.63, 3.8) is 0 Å². The normalized spacial score (nSPS) is 10.9. The third-order valence-corrected chi connectivity index (χ3v) is 4.07. The highest BCUT2D eigenvalue weighted by Crippen LogP contribution is 2.17. The van der Waals surface area contributed by atoms with Crippen molar-refractivity contribution in [2.75, 3.05) is 11.9 Å². The molecule has 0 aliphatic rings. The Labute approximate surface area is 155 Å². The number of anilines is 1. The highest BCUT2D eigenvalue weighted by atomic mass is 16.5. The molecule has 0 saturated carbocycles. The van der Waals surface area contributed by atoms with Gasteiger partial charge in [0, 0.05) is 23.0 Å². The average molecular weight is 361 g/mol. The molecule has 4 aromatic rings. The third-order valence-electron chi connectivity index (χ3n) is 4.07. The van der Waals surface area contributed by atoms with Gasteiger partial charge in [-0.05, 0) is 31.2 Å². The smallest absolute Gasteiger partial charge is 0.275 e. The molecule has 0 saturated heterocycles. The molecule has 0 spiro atoms. The van der Waals surface area contributed by atoms with Gasteiger partial charge in [-0.3, -0.25) is 4.79 Å². The molecule has 0 bridgehead atoms. The monoisotopic (exact) mass is 361 g/mol. The van der Waals surface area contributed by atoms with E-state index in [1.54, 1.807) is 0 Å². The Morgan fingerprint density at radius 3 is 2.63 bits per heavy atom. The molecule has 7 heteroatoms. The van der Waals surface area contributed by atoms with E-state index in [0.29, 0.717) is 24.8 Å². The first-order chi connectivity index (χ1) is 13.2. The predicted octanol–water partition coefficient (Wildman–Crippen LogP) is 3.10. The first-order valence-corrected chi connectivity index (χ1v) is 8.74. The Balaban J connectivity index is 1.55. The van der Waals surface area contributed by atoms with Gasteiger partial charge in [0.1, 0.15) is 5.75 Å². The van der Waals surface area contributed by atoms with Crippen LogP contribution in [0.2, 0.25) is 0 Å². The Kier molecular flexibility index (Phi) is 4.57. The minimum Gasteiger partial charge on any atom is -0.494 e. The maximum absolute atomic E-state index is 12.4. The summed E-state index contributed by atoms with van der Waals surface area (Å²) in [6, 6.07) is 18.8. The van der Waals surface area contributed by atoms with Gasteiger partial charge in [-0.15, -0.1) is 5.10 Å². The van der Waals surface area contributed by atoms with Crippen molar-refractivity contribution in [2.45, 2.75) is 13.5 Å². The molecule has 4 rings (SSSR count). The molecule has 27 heavy (non-hydrogen) atoms. The predicted molar refractivity (Wildman–Crippen MR) is 104 cm³/mol. The van der Waals surface area contributed by atoms with Crippen LogP contribution >= 0.6 is 0 Å². The highest BCUT2D eigenvalue weighted by Gasteiger charge is 2.09. The molecule has 2 aromatic carbocycles. The van der Waals surface area contributed by atoms with Crippen molar-refractivity contribution >= 4 is 11.5 Å². The van der Waals surface area contributed by atoms with Crippen molar-refractivity contribution in [1.82, 2.24) is 19.6 Å². The number of nitrogens with one attached hydrogen (secondary N) is 2. The molecule has 0 radical (unpaired) electrons. The van der Waals surface area contributed by atoms with Gasteiger partial charge in [0.2, 0.25) is 5.78 Å². The maximum atomic E-state index is 12.4. The largest absolute Gasteiger partial charge is 0.494 e. The summed E-state index contributed by atoms with van der Waals surface area (Å²) in [7, 11) is 0. The molecule has 2 aromatic heterocycles. The van der Waals surface area contributed by atoms with Gasteiger partial charge < -0.3 is 15.0 Å². The van der Waals surface area contributed by atoms with Crippen molar-refractivity contribution in [1.29, 1.82) is 0 Å². The van der Waals surface area contributed by atoms with Crippen LogP contribution in [0.3, 0.4) is 0 Å².